The van der Waals surface area contributed by atoms with E-state index in [0.717, 1.165) is 19.6 Å². The van der Waals surface area contributed by atoms with E-state index in [9.17, 15) is 0 Å². The maximum atomic E-state index is 9.12. The van der Waals surface area contributed by atoms with E-state index < -0.39 is 0 Å². The lowest BCUT2D eigenvalue weighted by Crippen LogP contribution is -2.35. The van der Waals surface area contributed by atoms with Crippen LogP contribution in [0.5, 0.6) is 0 Å². The summed E-state index contributed by atoms with van der Waals surface area (Å²) in [5.41, 5.74) is 0. The van der Waals surface area contributed by atoms with Gasteiger partial charge in [-0.15, -0.1) is 0 Å². The first kappa shape index (κ1) is 11.9. The first-order valence-electron chi connectivity index (χ1n) is 4.45. The quantitative estimate of drug-likeness (QED) is 0.646. The Balaban J connectivity index is 3.53. The molecule has 0 saturated heterocycles. The number of rotatable bonds is 6. The summed E-state index contributed by atoms with van der Waals surface area (Å²) >= 11 is 0. The van der Waals surface area contributed by atoms with Gasteiger partial charge in [0, 0.05) is 26.3 Å². The highest BCUT2D eigenvalue weighted by molar-refractivity contribution is 4.64. The number of aliphatic hydroxyl groups excluding tert-OH is 1. The maximum Gasteiger partial charge on any atom is 0.0639 e. The van der Waals surface area contributed by atoms with Crippen molar-refractivity contribution in [2.24, 2.45) is 0 Å². The summed E-state index contributed by atoms with van der Waals surface area (Å²) in [6.45, 7) is 5.46. The third kappa shape index (κ3) is 5.52. The van der Waals surface area contributed by atoms with Crippen molar-refractivity contribution in [3.05, 3.63) is 0 Å². The van der Waals surface area contributed by atoms with Crippen LogP contribution in [0, 0.1) is 0 Å². The zero-order chi connectivity index (χ0) is 9.56. The van der Waals surface area contributed by atoms with Crippen molar-refractivity contribution < 1.29 is 9.84 Å². The fraction of sp³-hybridized carbons (Fsp3) is 1.00. The largest absolute Gasteiger partial charge is 0.392 e. The van der Waals surface area contributed by atoms with Crippen molar-refractivity contribution in [3.63, 3.8) is 0 Å². The van der Waals surface area contributed by atoms with Crippen LogP contribution in [0.2, 0.25) is 0 Å². The van der Waals surface area contributed by atoms with E-state index in [1.165, 1.54) is 0 Å². The fourth-order valence-corrected chi connectivity index (χ4v) is 1.11. The van der Waals surface area contributed by atoms with Gasteiger partial charge < -0.3 is 14.7 Å². The Hall–Kier alpha value is -0.120. The van der Waals surface area contributed by atoms with Crippen molar-refractivity contribution in [3.8, 4) is 0 Å². The molecule has 0 aliphatic carbocycles. The predicted molar refractivity (Wildman–Crippen MR) is 50.3 cm³/mol. The van der Waals surface area contributed by atoms with Gasteiger partial charge in [0.15, 0.2) is 0 Å². The minimum atomic E-state index is -0.250. The molecule has 2 unspecified atom stereocenters. The minimum Gasteiger partial charge on any atom is -0.392 e. The second kappa shape index (κ2) is 6.40. The molecule has 0 aromatic heterocycles. The summed E-state index contributed by atoms with van der Waals surface area (Å²) in [4.78, 5) is 2.14. The van der Waals surface area contributed by atoms with Crippen LogP contribution in [0.1, 0.15) is 20.3 Å². The molecule has 3 nitrogen and oxygen atoms in total. The number of methoxy groups -OCH3 is 1. The average molecular weight is 175 g/mol. The molecule has 74 valence electrons. The molecule has 0 aromatic rings. The monoisotopic (exact) mass is 175 g/mol. The summed E-state index contributed by atoms with van der Waals surface area (Å²) < 4.78 is 4.98. The lowest BCUT2D eigenvalue weighted by molar-refractivity contribution is 0.103. The lowest BCUT2D eigenvalue weighted by Gasteiger charge is -2.25. The van der Waals surface area contributed by atoms with Crippen LogP contribution in [-0.4, -0.2) is 49.5 Å². The second-order valence-electron chi connectivity index (χ2n) is 3.42. The van der Waals surface area contributed by atoms with Crippen LogP contribution in [-0.2, 0) is 4.74 Å². The predicted octanol–water partition coefficient (Wildman–Crippen LogP) is 0.724. The van der Waals surface area contributed by atoms with Crippen molar-refractivity contribution in [2.75, 3.05) is 27.3 Å². The normalized spacial score (nSPS) is 16.5. The maximum absolute atomic E-state index is 9.12. The molecule has 2 atom stereocenters. The van der Waals surface area contributed by atoms with Crippen LogP contribution in [0.3, 0.4) is 0 Å². The Morgan fingerprint density at radius 3 is 2.42 bits per heavy atom. The number of aliphatic hydroxyl groups is 1. The average Bonchev–Trinajstić information content (AvgIpc) is 1.98. The number of ether oxygens (including phenoxy) is 1. The fourth-order valence-electron chi connectivity index (χ4n) is 1.11. The van der Waals surface area contributed by atoms with Crippen LogP contribution < -0.4 is 0 Å². The molecule has 0 fully saturated rings. The standard InChI is InChI=1S/C9H21NO2/c1-8(5-6-12-4)10(3)7-9(2)11/h8-9,11H,5-7H2,1-4H3. The second-order valence-corrected chi connectivity index (χ2v) is 3.42. The van der Waals surface area contributed by atoms with E-state index in [1.54, 1.807) is 14.0 Å². The van der Waals surface area contributed by atoms with E-state index in [-0.39, 0.29) is 6.10 Å². The van der Waals surface area contributed by atoms with Gasteiger partial charge in [-0.3, -0.25) is 0 Å². The smallest absolute Gasteiger partial charge is 0.0639 e. The van der Waals surface area contributed by atoms with Gasteiger partial charge in [0.25, 0.3) is 0 Å². The third-order valence-corrected chi connectivity index (χ3v) is 2.04. The van der Waals surface area contributed by atoms with Gasteiger partial charge >= 0.3 is 0 Å². The molecule has 0 heterocycles. The molecule has 3 heteroatoms. The summed E-state index contributed by atoms with van der Waals surface area (Å²) in [5, 5.41) is 9.12. The Morgan fingerprint density at radius 2 is 2.00 bits per heavy atom. The van der Waals surface area contributed by atoms with E-state index in [1.807, 2.05) is 7.05 Å². The number of nitrogens with zero attached hydrogens (tertiary/aromatic N) is 1. The molecule has 1 N–H and O–H groups in total. The van der Waals surface area contributed by atoms with E-state index in [0.29, 0.717) is 6.04 Å². The molecule has 0 rings (SSSR count). The molecule has 0 spiro atoms. The molecule has 0 aromatic carbocycles. The molecule has 12 heavy (non-hydrogen) atoms. The van der Waals surface area contributed by atoms with Crippen molar-refractivity contribution in [1.29, 1.82) is 0 Å². The van der Waals surface area contributed by atoms with Gasteiger partial charge in [0.05, 0.1) is 6.10 Å². The zero-order valence-electron chi connectivity index (χ0n) is 8.58. The van der Waals surface area contributed by atoms with Crippen LogP contribution >= 0.6 is 0 Å². The van der Waals surface area contributed by atoms with Gasteiger partial charge in [-0.25, -0.2) is 0 Å². The highest BCUT2D eigenvalue weighted by Gasteiger charge is 2.10. The van der Waals surface area contributed by atoms with Gasteiger partial charge in [0.1, 0.15) is 0 Å². The Morgan fingerprint density at radius 1 is 1.42 bits per heavy atom. The van der Waals surface area contributed by atoms with Crippen molar-refractivity contribution in [2.45, 2.75) is 32.4 Å². The molecule has 0 saturated carbocycles. The number of hydrogen-bond acceptors (Lipinski definition) is 3. The molecular weight excluding hydrogens is 154 g/mol. The molecular formula is C9H21NO2. The highest BCUT2D eigenvalue weighted by atomic mass is 16.5. The van der Waals surface area contributed by atoms with E-state index >= 15 is 0 Å². The summed E-state index contributed by atoms with van der Waals surface area (Å²) in [6, 6.07) is 0.472. The molecule has 0 radical (unpaired) electrons. The van der Waals surface area contributed by atoms with Crippen LogP contribution in [0.25, 0.3) is 0 Å². The summed E-state index contributed by atoms with van der Waals surface area (Å²) in [7, 11) is 3.73. The van der Waals surface area contributed by atoms with Crippen molar-refractivity contribution in [1.82, 2.24) is 4.90 Å². The first-order valence-corrected chi connectivity index (χ1v) is 4.45. The number of hydrogen-bond donors (Lipinski definition) is 1. The SMILES string of the molecule is COCCC(C)N(C)CC(C)O. The van der Waals surface area contributed by atoms with Crippen LogP contribution in [0.4, 0.5) is 0 Å². The lowest BCUT2D eigenvalue weighted by atomic mass is 10.2. The Kier molecular flexibility index (Phi) is 6.34. The molecule has 0 aliphatic heterocycles. The zero-order valence-corrected chi connectivity index (χ0v) is 8.58. The molecule has 0 amide bonds. The van der Waals surface area contributed by atoms with Crippen LogP contribution in [0.15, 0.2) is 0 Å². The Labute approximate surface area is 75.3 Å². The third-order valence-electron chi connectivity index (χ3n) is 2.04. The first-order chi connectivity index (χ1) is 5.57. The minimum absolute atomic E-state index is 0.250. The van der Waals surface area contributed by atoms with Crippen molar-refractivity contribution >= 4 is 0 Å². The summed E-state index contributed by atoms with van der Waals surface area (Å²) in [6.07, 6.45) is 0.764. The highest BCUT2D eigenvalue weighted by Crippen LogP contribution is 2.01. The van der Waals surface area contributed by atoms with Gasteiger partial charge in [-0.2, -0.15) is 0 Å². The topological polar surface area (TPSA) is 32.7 Å². The Bertz CT molecular complexity index is 107. The molecule has 0 aliphatic rings. The molecule has 0 bridgehead atoms. The van der Waals surface area contributed by atoms with Gasteiger partial charge in [0.2, 0.25) is 0 Å². The van der Waals surface area contributed by atoms with E-state index in [2.05, 4.69) is 11.8 Å². The number of likely N-dealkylation sites (N-methyl/N-ethyl adjacent to an activating group) is 1. The van der Waals surface area contributed by atoms with Gasteiger partial charge in [-0.05, 0) is 27.3 Å². The van der Waals surface area contributed by atoms with Gasteiger partial charge in [-0.1, -0.05) is 0 Å². The summed E-state index contributed by atoms with van der Waals surface area (Å²) in [5.74, 6) is 0. The van der Waals surface area contributed by atoms with E-state index in [4.69, 9.17) is 9.84 Å².